The van der Waals surface area contributed by atoms with Gasteiger partial charge in [-0.3, -0.25) is 9.78 Å². The van der Waals surface area contributed by atoms with Crippen LogP contribution in [-0.2, 0) is 4.79 Å². The summed E-state index contributed by atoms with van der Waals surface area (Å²) >= 11 is 0. The first-order valence-corrected chi connectivity index (χ1v) is 14.8. The summed E-state index contributed by atoms with van der Waals surface area (Å²) in [5.74, 6) is 1.83. The van der Waals surface area contributed by atoms with Gasteiger partial charge in [0, 0.05) is 53.2 Å². The zero-order valence-corrected chi connectivity index (χ0v) is 26.3. The van der Waals surface area contributed by atoms with E-state index < -0.39 is 0 Å². The fourth-order valence-electron chi connectivity index (χ4n) is 4.92. The molecule has 0 saturated heterocycles. The number of hydrogen-bond acceptors (Lipinski definition) is 8. The highest BCUT2D eigenvalue weighted by Crippen LogP contribution is 2.28. The molecule has 0 aliphatic rings. The van der Waals surface area contributed by atoms with Crippen molar-refractivity contribution >= 4 is 23.7 Å². The third kappa shape index (κ3) is 8.81. The highest BCUT2D eigenvalue weighted by Gasteiger charge is 2.12. The van der Waals surface area contributed by atoms with Gasteiger partial charge in [-0.1, -0.05) is 42.8 Å². The van der Waals surface area contributed by atoms with E-state index >= 15 is 0 Å². The van der Waals surface area contributed by atoms with E-state index in [4.69, 9.17) is 4.52 Å². The maximum atomic E-state index is 10.3. The molecule has 0 fully saturated rings. The van der Waals surface area contributed by atoms with Crippen LogP contribution in [0.25, 0.3) is 22.6 Å². The molecule has 0 spiro atoms. The number of nitrogens with one attached hydrogen (secondary N) is 2. The van der Waals surface area contributed by atoms with Gasteiger partial charge in [-0.05, 0) is 94.2 Å². The largest absolute Gasteiger partial charge is 0.356 e. The standard InChI is InChI=1S/C21H19N5O.C14H22N2O/c1-13-4-5-14(2)19(8-13)26-21-23-7-6-18(25-21)16-9-17(12-22-11-16)20-15(3)10-24-27-20;1-4-5-13(10-16(2)3)12-6-8-14(9-7-12)15-11-17/h4-12H,1-3H3,(H,23,25,26);6-9,11,13H,4-5,10H2,1-3H3,(H,15,17). The number of pyridine rings is 1. The monoisotopic (exact) mass is 591 g/mol. The molecular weight excluding hydrogens is 550 g/mol. The summed E-state index contributed by atoms with van der Waals surface area (Å²) in [6.45, 7) is 9.35. The van der Waals surface area contributed by atoms with Crippen molar-refractivity contribution in [1.82, 2.24) is 25.0 Å². The van der Waals surface area contributed by atoms with Crippen LogP contribution in [-0.4, -0.2) is 52.1 Å². The van der Waals surface area contributed by atoms with Gasteiger partial charge in [-0.25, -0.2) is 9.97 Å². The molecule has 3 aromatic heterocycles. The number of amides is 1. The fraction of sp³-hybridized carbons (Fsp3) is 0.286. The summed E-state index contributed by atoms with van der Waals surface area (Å²) in [4.78, 5) is 25.9. The van der Waals surface area contributed by atoms with Gasteiger partial charge in [0.05, 0.1) is 11.9 Å². The topological polar surface area (TPSA) is 109 Å². The van der Waals surface area contributed by atoms with Crippen molar-refractivity contribution < 1.29 is 9.32 Å². The Labute approximate surface area is 259 Å². The van der Waals surface area contributed by atoms with Crippen LogP contribution in [0.3, 0.4) is 0 Å². The lowest BCUT2D eigenvalue weighted by atomic mass is 9.94. The van der Waals surface area contributed by atoms with Crippen LogP contribution in [0.1, 0.15) is 47.9 Å². The second-order valence-electron chi connectivity index (χ2n) is 11.1. The van der Waals surface area contributed by atoms with Crippen LogP contribution in [0.15, 0.2) is 83.9 Å². The lowest BCUT2D eigenvalue weighted by molar-refractivity contribution is -0.105. The van der Waals surface area contributed by atoms with Crippen molar-refractivity contribution in [3.05, 3.63) is 102 Å². The van der Waals surface area contributed by atoms with E-state index in [1.54, 1.807) is 24.8 Å². The van der Waals surface area contributed by atoms with Crippen LogP contribution in [0.4, 0.5) is 17.3 Å². The van der Waals surface area contributed by atoms with E-state index in [2.05, 4.69) is 101 Å². The van der Waals surface area contributed by atoms with Gasteiger partial charge < -0.3 is 20.1 Å². The number of benzene rings is 2. The van der Waals surface area contributed by atoms with Crippen molar-refractivity contribution in [2.24, 2.45) is 0 Å². The highest BCUT2D eigenvalue weighted by molar-refractivity contribution is 5.71. The van der Waals surface area contributed by atoms with Crippen molar-refractivity contribution in [1.29, 1.82) is 0 Å². The Balaban J connectivity index is 0.000000225. The minimum Gasteiger partial charge on any atom is -0.356 e. The van der Waals surface area contributed by atoms with Gasteiger partial charge in [0.15, 0.2) is 5.76 Å². The lowest BCUT2D eigenvalue weighted by Gasteiger charge is -2.21. The molecule has 44 heavy (non-hydrogen) atoms. The quantitative estimate of drug-likeness (QED) is 0.151. The van der Waals surface area contributed by atoms with Crippen molar-refractivity contribution in [2.45, 2.75) is 46.5 Å². The third-order valence-corrected chi connectivity index (χ3v) is 7.17. The van der Waals surface area contributed by atoms with E-state index in [9.17, 15) is 4.79 Å². The Kier molecular flexibility index (Phi) is 11.3. The molecule has 1 unspecified atom stereocenters. The van der Waals surface area contributed by atoms with E-state index in [-0.39, 0.29) is 0 Å². The lowest BCUT2D eigenvalue weighted by Crippen LogP contribution is -2.20. The molecule has 0 saturated carbocycles. The van der Waals surface area contributed by atoms with Crippen LogP contribution in [0.2, 0.25) is 0 Å². The van der Waals surface area contributed by atoms with E-state index in [0.29, 0.717) is 24.0 Å². The molecule has 0 aliphatic heterocycles. The van der Waals surface area contributed by atoms with Gasteiger partial charge in [0.2, 0.25) is 12.4 Å². The highest BCUT2D eigenvalue weighted by atomic mass is 16.5. The molecule has 1 atom stereocenters. The second kappa shape index (κ2) is 15.5. The van der Waals surface area contributed by atoms with E-state index in [1.165, 1.54) is 24.0 Å². The molecule has 5 rings (SSSR count). The first-order chi connectivity index (χ1) is 21.3. The number of carbonyl (C=O) groups is 1. The number of rotatable bonds is 11. The fourth-order valence-corrected chi connectivity index (χ4v) is 4.92. The summed E-state index contributed by atoms with van der Waals surface area (Å²) < 4.78 is 5.33. The van der Waals surface area contributed by atoms with Crippen molar-refractivity contribution in [2.75, 3.05) is 31.3 Å². The smallest absolute Gasteiger partial charge is 0.227 e. The average molecular weight is 592 g/mol. The minimum absolute atomic E-state index is 0.544. The first-order valence-electron chi connectivity index (χ1n) is 14.8. The molecule has 2 aromatic carbocycles. The van der Waals surface area contributed by atoms with Gasteiger partial charge in [0.1, 0.15) is 0 Å². The molecule has 0 radical (unpaired) electrons. The second-order valence-corrected chi connectivity index (χ2v) is 11.1. The number of likely N-dealkylation sites (N-methyl/N-ethyl adjacent to an activating group) is 1. The Bertz CT molecular complexity index is 1650. The maximum absolute atomic E-state index is 10.3. The molecule has 228 valence electrons. The van der Waals surface area contributed by atoms with Crippen LogP contribution in [0.5, 0.6) is 0 Å². The van der Waals surface area contributed by atoms with E-state index in [0.717, 1.165) is 45.9 Å². The van der Waals surface area contributed by atoms with Crippen molar-refractivity contribution in [3.63, 3.8) is 0 Å². The maximum Gasteiger partial charge on any atom is 0.227 e. The molecule has 9 nitrogen and oxygen atoms in total. The van der Waals surface area contributed by atoms with Gasteiger partial charge in [-0.2, -0.15) is 0 Å². The zero-order chi connectivity index (χ0) is 31.5. The van der Waals surface area contributed by atoms with Crippen LogP contribution >= 0.6 is 0 Å². The normalized spacial score (nSPS) is 11.4. The molecular formula is C35H41N7O2. The number of anilines is 3. The Morgan fingerprint density at radius 3 is 2.39 bits per heavy atom. The Morgan fingerprint density at radius 1 is 0.932 bits per heavy atom. The predicted octanol–water partition coefficient (Wildman–Crippen LogP) is 7.56. The molecule has 2 N–H and O–H groups in total. The third-order valence-electron chi connectivity index (χ3n) is 7.17. The number of hydrogen-bond donors (Lipinski definition) is 2. The Morgan fingerprint density at radius 2 is 1.70 bits per heavy atom. The molecule has 0 aliphatic carbocycles. The number of nitrogens with zero attached hydrogens (tertiary/aromatic N) is 5. The minimum atomic E-state index is 0.544. The first kappa shape index (κ1) is 32.0. The van der Waals surface area contributed by atoms with Gasteiger partial charge in [0.25, 0.3) is 0 Å². The van der Waals surface area contributed by atoms with E-state index in [1.807, 2.05) is 31.2 Å². The Hall–Kier alpha value is -4.89. The molecule has 3 heterocycles. The van der Waals surface area contributed by atoms with Gasteiger partial charge in [-0.15, -0.1) is 0 Å². The molecule has 1 amide bonds. The van der Waals surface area contributed by atoms with Crippen LogP contribution < -0.4 is 10.6 Å². The molecule has 9 heteroatoms. The van der Waals surface area contributed by atoms with Gasteiger partial charge >= 0.3 is 0 Å². The average Bonchev–Trinajstić information content (AvgIpc) is 3.45. The predicted molar refractivity (Wildman–Crippen MR) is 177 cm³/mol. The SMILES string of the molecule is CCCC(CN(C)C)c1ccc(NC=O)cc1.Cc1ccc(C)c(Nc2nccc(-c3cncc(-c4oncc4C)c3)n2)c1. The summed E-state index contributed by atoms with van der Waals surface area (Å²) in [7, 11) is 4.20. The number of aromatic nitrogens is 4. The molecule has 0 bridgehead atoms. The summed E-state index contributed by atoms with van der Waals surface area (Å²) in [6, 6.07) is 18.2. The number of carbonyl (C=O) groups excluding carboxylic acids is 1. The summed E-state index contributed by atoms with van der Waals surface area (Å²) in [5.41, 5.74) is 9.01. The molecule has 5 aromatic rings. The number of aryl methyl sites for hydroxylation is 3. The zero-order valence-electron chi connectivity index (χ0n) is 26.3. The summed E-state index contributed by atoms with van der Waals surface area (Å²) in [5, 5.41) is 9.80. The van der Waals surface area contributed by atoms with Crippen LogP contribution in [0, 0.1) is 20.8 Å². The van der Waals surface area contributed by atoms with Crippen molar-refractivity contribution in [3.8, 4) is 22.6 Å². The summed E-state index contributed by atoms with van der Waals surface area (Å²) in [6.07, 6.45) is 10.1.